The van der Waals surface area contributed by atoms with Crippen LogP contribution in [-0.4, -0.2) is 25.5 Å². The minimum absolute atomic E-state index is 0.204. The Morgan fingerprint density at radius 2 is 2.30 bits per heavy atom. The lowest BCUT2D eigenvalue weighted by Crippen LogP contribution is -2.14. The zero-order valence-electron chi connectivity index (χ0n) is 5.92. The number of carbonyl (C=O) groups is 1. The van der Waals surface area contributed by atoms with Crippen molar-refractivity contribution in [3.8, 4) is 0 Å². The molecule has 0 bridgehead atoms. The molecule has 0 saturated heterocycles. The van der Waals surface area contributed by atoms with Crippen molar-refractivity contribution in [3.05, 3.63) is 0 Å². The number of hydrazone groups is 2. The maximum Gasteiger partial charge on any atom is 0.353 e. The van der Waals surface area contributed by atoms with Gasteiger partial charge in [-0.25, -0.2) is 4.79 Å². The number of hydrogen-bond acceptors (Lipinski definition) is 5. The monoisotopic (exact) mass is 143 g/mol. The van der Waals surface area contributed by atoms with E-state index in [0.717, 1.165) is 0 Å². The van der Waals surface area contributed by atoms with E-state index in [2.05, 4.69) is 27.2 Å². The van der Waals surface area contributed by atoms with Gasteiger partial charge in [0.2, 0.25) is 0 Å². The highest BCUT2D eigenvalue weighted by Gasteiger charge is 2.02. The molecule has 0 atom stereocenters. The molecule has 1 N–H and O–H groups in total. The quantitative estimate of drug-likeness (QED) is 0.336. The van der Waals surface area contributed by atoms with E-state index in [1.807, 2.05) is 0 Å². The summed E-state index contributed by atoms with van der Waals surface area (Å²) in [5.74, 6) is -0.490. The summed E-state index contributed by atoms with van der Waals surface area (Å²) in [4.78, 5) is 10.6. The fourth-order valence-electron chi connectivity index (χ4n) is 0.304. The topological polar surface area (TPSA) is 63.0 Å². The Morgan fingerprint density at radius 3 is 2.70 bits per heavy atom. The zero-order chi connectivity index (χ0) is 7.98. The second kappa shape index (κ2) is 4.49. The van der Waals surface area contributed by atoms with Crippen molar-refractivity contribution in [2.24, 2.45) is 10.2 Å². The van der Waals surface area contributed by atoms with Crippen molar-refractivity contribution in [2.75, 3.05) is 7.11 Å². The summed E-state index contributed by atoms with van der Waals surface area (Å²) in [6, 6.07) is 0. The number of nitrogens with zero attached hydrogens (tertiary/aromatic N) is 2. The SMILES string of the molecule is C=NN/N=C(\C)C(=O)OC. The van der Waals surface area contributed by atoms with Gasteiger partial charge in [0.1, 0.15) is 5.71 Å². The van der Waals surface area contributed by atoms with Gasteiger partial charge in [-0.2, -0.15) is 15.7 Å². The number of carbonyl (C=O) groups excluding carboxylic acids is 1. The smallest absolute Gasteiger partial charge is 0.353 e. The van der Waals surface area contributed by atoms with E-state index in [-0.39, 0.29) is 5.71 Å². The summed E-state index contributed by atoms with van der Waals surface area (Å²) < 4.78 is 4.34. The molecule has 0 fully saturated rings. The fourth-order valence-corrected chi connectivity index (χ4v) is 0.304. The number of nitrogens with one attached hydrogen (secondary N) is 1. The van der Waals surface area contributed by atoms with Gasteiger partial charge in [-0.3, -0.25) is 0 Å². The Bertz CT molecular complexity index is 164. The van der Waals surface area contributed by atoms with Gasteiger partial charge in [-0.1, -0.05) is 0 Å². The Balaban J connectivity index is 3.91. The molecule has 56 valence electrons. The first-order valence-corrected chi connectivity index (χ1v) is 2.55. The Morgan fingerprint density at radius 1 is 1.70 bits per heavy atom. The van der Waals surface area contributed by atoms with Crippen LogP contribution in [0.2, 0.25) is 0 Å². The molecule has 0 aromatic heterocycles. The van der Waals surface area contributed by atoms with Crippen molar-refractivity contribution in [3.63, 3.8) is 0 Å². The van der Waals surface area contributed by atoms with Crippen molar-refractivity contribution >= 4 is 18.4 Å². The lowest BCUT2D eigenvalue weighted by atomic mass is 10.4. The molecule has 0 unspecified atom stereocenters. The molecular formula is C5H9N3O2. The molecule has 5 nitrogen and oxygen atoms in total. The first kappa shape index (κ1) is 8.61. The highest BCUT2D eigenvalue weighted by molar-refractivity contribution is 6.35. The molecule has 0 spiro atoms. The van der Waals surface area contributed by atoms with Crippen LogP contribution >= 0.6 is 0 Å². The van der Waals surface area contributed by atoms with Gasteiger partial charge in [-0.15, -0.1) is 0 Å². The van der Waals surface area contributed by atoms with Gasteiger partial charge >= 0.3 is 5.97 Å². The Kier molecular flexibility index (Phi) is 3.86. The standard InChI is InChI=1S/C5H9N3O2/c1-4(5(9)10-3)7-8-6-2/h8H,2H2,1,3H3/b7-4+. The summed E-state index contributed by atoms with van der Waals surface area (Å²) in [7, 11) is 1.28. The van der Waals surface area contributed by atoms with Crippen LogP contribution in [0.4, 0.5) is 0 Å². The first-order chi connectivity index (χ1) is 4.72. The van der Waals surface area contributed by atoms with Crippen molar-refractivity contribution < 1.29 is 9.53 Å². The fraction of sp³-hybridized carbons (Fsp3) is 0.400. The van der Waals surface area contributed by atoms with E-state index >= 15 is 0 Å². The van der Waals surface area contributed by atoms with Gasteiger partial charge in [0.15, 0.2) is 0 Å². The van der Waals surface area contributed by atoms with E-state index in [0.29, 0.717) is 0 Å². The normalized spacial score (nSPS) is 10.4. The van der Waals surface area contributed by atoms with Crippen LogP contribution in [0.3, 0.4) is 0 Å². The minimum atomic E-state index is -0.490. The van der Waals surface area contributed by atoms with Crippen LogP contribution in [0.1, 0.15) is 6.92 Å². The number of methoxy groups -OCH3 is 1. The van der Waals surface area contributed by atoms with Crippen LogP contribution in [-0.2, 0) is 9.53 Å². The second-order valence-corrected chi connectivity index (χ2v) is 1.45. The van der Waals surface area contributed by atoms with Crippen LogP contribution < -0.4 is 5.53 Å². The Labute approximate surface area is 58.8 Å². The highest BCUT2D eigenvalue weighted by atomic mass is 16.5. The molecule has 0 radical (unpaired) electrons. The first-order valence-electron chi connectivity index (χ1n) is 2.55. The summed E-state index contributed by atoms with van der Waals surface area (Å²) in [5, 5.41) is 6.67. The lowest BCUT2D eigenvalue weighted by Gasteiger charge is -1.95. The van der Waals surface area contributed by atoms with Crippen molar-refractivity contribution in [2.45, 2.75) is 6.92 Å². The maximum atomic E-state index is 10.6. The molecule has 0 aromatic carbocycles. The molecule has 0 heterocycles. The zero-order valence-corrected chi connectivity index (χ0v) is 5.92. The van der Waals surface area contributed by atoms with Gasteiger partial charge in [0.25, 0.3) is 0 Å². The average molecular weight is 143 g/mol. The number of rotatable bonds is 3. The molecule has 0 aliphatic carbocycles. The Hall–Kier alpha value is -1.39. The number of esters is 1. The molecule has 0 saturated carbocycles. The van der Waals surface area contributed by atoms with Gasteiger partial charge < -0.3 is 4.74 Å². The van der Waals surface area contributed by atoms with Crippen LogP contribution in [0.15, 0.2) is 10.2 Å². The summed E-state index contributed by atoms with van der Waals surface area (Å²) in [6.07, 6.45) is 0. The van der Waals surface area contributed by atoms with E-state index < -0.39 is 5.97 Å². The molecule has 0 rings (SSSR count). The highest BCUT2D eigenvalue weighted by Crippen LogP contribution is 1.78. The van der Waals surface area contributed by atoms with E-state index in [1.165, 1.54) is 14.0 Å². The van der Waals surface area contributed by atoms with E-state index in [1.54, 1.807) is 0 Å². The predicted octanol–water partition coefficient (Wildman–Crippen LogP) is -0.260. The predicted molar refractivity (Wildman–Crippen MR) is 37.8 cm³/mol. The van der Waals surface area contributed by atoms with Gasteiger partial charge in [-0.05, 0) is 6.92 Å². The second-order valence-electron chi connectivity index (χ2n) is 1.45. The number of hydrogen-bond donors (Lipinski definition) is 1. The number of ether oxygens (including phenoxy) is 1. The molecule has 0 aromatic rings. The van der Waals surface area contributed by atoms with E-state index in [9.17, 15) is 4.79 Å². The average Bonchev–Trinajstić information content (AvgIpc) is 1.98. The molecule has 0 aliphatic heterocycles. The third-order valence-electron chi connectivity index (χ3n) is 0.769. The molecule has 10 heavy (non-hydrogen) atoms. The summed E-state index contributed by atoms with van der Waals surface area (Å²) in [6.45, 7) is 4.60. The van der Waals surface area contributed by atoms with E-state index in [4.69, 9.17) is 0 Å². The molecular weight excluding hydrogens is 134 g/mol. The molecule has 0 aliphatic rings. The van der Waals surface area contributed by atoms with Crippen LogP contribution in [0.5, 0.6) is 0 Å². The van der Waals surface area contributed by atoms with Crippen LogP contribution in [0, 0.1) is 0 Å². The largest absolute Gasteiger partial charge is 0.464 e. The maximum absolute atomic E-state index is 10.6. The van der Waals surface area contributed by atoms with Crippen molar-refractivity contribution in [1.29, 1.82) is 0 Å². The van der Waals surface area contributed by atoms with Gasteiger partial charge in [0.05, 0.1) is 7.11 Å². The summed E-state index contributed by atoms with van der Waals surface area (Å²) >= 11 is 0. The third-order valence-corrected chi connectivity index (χ3v) is 0.769. The molecule has 5 heteroatoms. The summed E-state index contributed by atoms with van der Waals surface area (Å²) in [5.41, 5.74) is 2.37. The molecule has 0 amide bonds. The lowest BCUT2D eigenvalue weighted by molar-refractivity contribution is -0.132. The van der Waals surface area contributed by atoms with Crippen molar-refractivity contribution in [1.82, 2.24) is 5.53 Å². The third kappa shape index (κ3) is 2.81. The van der Waals surface area contributed by atoms with Gasteiger partial charge in [0, 0.05) is 6.72 Å². The van der Waals surface area contributed by atoms with Crippen LogP contribution in [0.25, 0.3) is 0 Å². The minimum Gasteiger partial charge on any atom is -0.464 e.